The molecule has 0 saturated heterocycles. The molecule has 0 radical (unpaired) electrons. The van der Waals surface area contributed by atoms with Crippen molar-refractivity contribution in [3.63, 3.8) is 0 Å². The Bertz CT molecular complexity index is 890. The zero-order valence-electron chi connectivity index (χ0n) is 15.7. The van der Waals surface area contributed by atoms with Crippen molar-refractivity contribution in [2.75, 3.05) is 0 Å². The van der Waals surface area contributed by atoms with Gasteiger partial charge in [-0.25, -0.2) is 4.39 Å². The summed E-state index contributed by atoms with van der Waals surface area (Å²) in [7, 11) is 0. The van der Waals surface area contributed by atoms with E-state index >= 15 is 0 Å². The first kappa shape index (κ1) is 25.2. The number of hydrogen-bond acceptors (Lipinski definition) is 3. The van der Waals surface area contributed by atoms with Gasteiger partial charge < -0.3 is 9.47 Å². The number of benzene rings is 1. The molecule has 0 heterocycles. The molecule has 2 rings (SSSR count). The molecule has 3 nitrogen and oxygen atoms in total. The van der Waals surface area contributed by atoms with E-state index in [9.17, 15) is 44.3 Å². The molecule has 1 atom stereocenters. The fraction of sp³-hybridized carbons (Fsp3) is 0.500. The summed E-state index contributed by atoms with van der Waals surface area (Å²) in [6.45, 7) is 2.06. The number of ether oxygens (including phenoxy) is 2. The van der Waals surface area contributed by atoms with Gasteiger partial charge in [-0.1, -0.05) is 31.5 Å². The van der Waals surface area contributed by atoms with Crippen molar-refractivity contribution >= 4 is 17.6 Å². The Morgan fingerprint density at radius 1 is 1.13 bits per heavy atom. The highest BCUT2D eigenvalue weighted by Crippen LogP contribution is 2.66. The van der Waals surface area contributed by atoms with Crippen LogP contribution in [0.3, 0.4) is 0 Å². The maximum Gasteiger partial charge on any atom is 0.573 e. The summed E-state index contributed by atoms with van der Waals surface area (Å²) in [5.74, 6) is -9.18. The highest BCUT2D eigenvalue weighted by molar-refractivity contribution is 6.30. The Morgan fingerprint density at radius 2 is 1.68 bits per heavy atom. The van der Waals surface area contributed by atoms with E-state index in [1.807, 2.05) is 0 Å². The summed E-state index contributed by atoms with van der Waals surface area (Å²) in [5, 5.41) is -1.91. The number of esters is 1. The van der Waals surface area contributed by atoms with E-state index in [2.05, 4.69) is 4.74 Å². The molecule has 0 N–H and O–H groups in total. The summed E-state index contributed by atoms with van der Waals surface area (Å²) in [6.07, 6.45) is -11.1. The molecule has 31 heavy (non-hydrogen) atoms. The zero-order chi connectivity index (χ0) is 24.0. The molecular weight excluding hydrogens is 471 g/mol. The average molecular weight is 485 g/mol. The molecule has 1 aromatic carbocycles. The molecule has 13 heteroatoms. The van der Waals surface area contributed by atoms with E-state index < -0.39 is 58.5 Å². The maximum absolute atomic E-state index is 13.4. The van der Waals surface area contributed by atoms with Gasteiger partial charge in [0.15, 0.2) is 11.6 Å². The van der Waals surface area contributed by atoms with Gasteiger partial charge in [0.1, 0.15) is 6.61 Å². The predicted octanol–water partition coefficient (Wildman–Crippen LogP) is 6.50. The maximum atomic E-state index is 13.4. The molecule has 174 valence electrons. The molecule has 0 amide bonds. The van der Waals surface area contributed by atoms with Crippen LogP contribution in [0.1, 0.15) is 25.8 Å². The molecule has 1 saturated carbocycles. The van der Waals surface area contributed by atoms with E-state index in [0.717, 1.165) is 6.07 Å². The first-order chi connectivity index (χ1) is 13.8. The largest absolute Gasteiger partial charge is 0.573 e. The Labute approximate surface area is 174 Å². The zero-order valence-corrected chi connectivity index (χ0v) is 16.5. The van der Waals surface area contributed by atoms with Gasteiger partial charge >= 0.3 is 24.4 Å². The van der Waals surface area contributed by atoms with E-state index in [1.165, 1.54) is 13.8 Å². The molecule has 1 aliphatic carbocycles. The molecule has 0 aliphatic heterocycles. The Morgan fingerprint density at radius 3 is 2.13 bits per heavy atom. The molecule has 1 unspecified atom stereocenters. The summed E-state index contributed by atoms with van der Waals surface area (Å²) in [6, 6.07) is 2.18. The molecule has 0 aromatic heterocycles. The molecule has 0 spiro atoms. The number of carbonyl (C=O) groups excluding carboxylic acids is 1. The standard InChI is InChI=1S/C18H14ClF9O3/c1-14(2)8-15(14,6-12(19)16(21,22)17(23,24)25)13(29)30-7-9-3-4-10(20)11(5-9)31-18(26,27)28/h3-6H,7-8H2,1-2H3. The number of hydrogen-bond donors (Lipinski definition) is 0. The Kier molecular flexibility index (Phi) is 6.32. The second-order valence-corrected chi connectivity index (χ2v) is 7.89. The van der Waals surface area contributed by atoms with Gasteiger partial charge in [0.2, 0.25) is 0 Å². The molecule has 0 bridgehead atoms. The van der Waals surface area contributed by atoms with E-state index in [-0.39, 0.29) is 18.1 Å². The van der Waals surface area contributed by atoms with E-state index in [1.54, 1.807) is 0 Å². The van der Waals surface area contributed by atoms with Crippen LogP contribution >= 0.6 is 11.6 Å². The minimum Gasteiger partial charge on any atom is -0.460 e. The quantitative estimate of drug-likeness (QED) is 0.341. The Hall–Kier alpha value is -2.11. The summed E-state index contributed by atoms with van der Waals surface area (Å²) < 4.78 is 123. The Balaban J connectivity index is 2.22. The van der Waals surface area contributed by atoms with Crippen molar-refractivity contribution in [1.29, 1.82) is 0 Å². The predicted molar refractivity (Wildman–Crippen MR) is 88.6 cm³/mol. The van der Waals surface area contributed by atoms with Crippen molar-refractivity contribution in [1.82, 2.24) is 0 Å². The smallest absolute Gasteiger partial charge is 0.460 e. The second kappa shape index (κ2) is 7.79. The van der Waals surface area contributed by atoms with E-state index in [4.69, 9.17) is 16.3 Å². The number of halogens is 10. The SMILES string of the molecule is CC1(C)CC1(C=C(Cl)C(F)(F)C(F)(F)F)C(=O)OCc1ccc(F)c(OC(F)(F)F)c1. The molecule has 1 aromatic rings. The highest BCUT2D eigenvalue weighted by Gasteiger charge is 2.68. The lowest BCUT2D eigenvalue weighted by Gasteiger charge is -2.22. The average Bonchev–Trinajstić information content (AvgIpc) is 3.14. The van der Waals surface area contributed by atoms with Crippen LogP contribution in [-0.4, -0.2) is 24.4 Å². The number of carbonyl (C=O) groups is 1. The molecular formula is C18H14ClF9O3. The van der Waals surface area contributed by atoms with Crippen LogP contribution in [0.25, 0.3) is 0 Å². The van der Waals surface area contributed by atoms with Gasteiger partial charge in [0.25, 0.3) is 0 Å². The van der Waals surface area contributed by atoms with E-state index in [0.29, 0.717) is 12.1 Å². The summed E-state index contributed by atoms with van der Waals surface area (Å²) in [4.78, 5) is 12.5. The van der Waals surface area contributed by atoms with Crippen molar-refractivity contribution < 1.29 is 53.8 Å². The van der Waals surface area contributed by atoms with Crippen molar-refractivity contribution in [2.24, 2.45) is 10.8 Å². The lowest BCUT2D eigenvalue weighted by molar-refractivity contribution is -0.275. The number of alkyl halides is 8. The number of rotatable bonds is 6. The van der Waals surface area contributed by atoms with Crippen LogP contribution in [0, 0.1) is 16.6 Å². The second-order valence-electron chi connectivity index (χ2n) is 7.49. The highest BCUT2D eigenvalue weighted by atomic mass is 35.5. The van der Waals surface area contributed by atoms with Crippen molar-refractivity contribution in [3.05, 3.63) is 40.7 Å². The minimum absolute atomic E-state index is 0.154. The van der Waals surface area contributed by atoms with Gasteiger partial charge in [0, 0.05) is 0 Å². The normalized spacial score (nSPS) is 21.6. The summed E-state index contributed by atoms with van der Waals surface area (Å²) >= 11 is 5.19. The topological polar surface area (TPSA) is 35.5 Å². The third-order valence-corrected chi connectivity index (χ3v) is 5.13. The molecule has 1 aliphatic rings. The van der Waals surface area contributed by atoms with Crippen LogP contribution in [0.5, 0.6) is 5.75 Å². The monoisotopic (exact) mass is 484 g/mol. The fourth-order valence-corrected chi connectivity index (χ4v) is 3.16. The third-order valence-electron chi connectivity index (χ3n) is 4.79. The van der Waals surface area contributed by atoms with Gasteiger partial charge in [-0.3, -0.25) is 4.79 Å². The van der Waals surface area contributed by atoms with Gasteiger partial charge in [-0.05, 0) is 35.6 Å². The van der Waals surface area contributed by atoms with Crippen LogP contribution in [0.4, 0.5) is 39.5 Å². The van der Waals surface area contributed by atoms with Crippen LogP contribution in [-0.2, 0) is 16.1 Å². The van der Waals surface area contributed by atoms with Crippen molar-refractivity contribution in [2.45, 2.75) is 45.3 Å². The number of allylic oxidation sites excluding steroid dienone is 1. The van der Waals surface area contributed by atoms with Crippen LogP contribution in [0.15, 0.2) is 29.3 Å². The van der Waals surface area contributed by atoms with Gasteiger partial charge in [0.05, 0.1) is 10.4 Å². The minimum atomic E-state index is -5.99. The van der Waals surface area contributed by atoms with Crippen LogP contribution in [0.2, 0.25) is 0 Å². The first-order valence-corrected chi connectivity index (χ1v) is 8.75. The molecule has 1 fully saturated rings. The van der Waals surface area contributed by atoms with Gasteiger partial charge in [-0.15, -0.1) is 13.2 Å². The lowest BCUT2D eigenvalue weighted by atomic mass is 9.94. The van der Waals surface area contributed by atoms with Crippen LogP contribution < -0.4 is 4.74 Å². The van der Waals surface area contributed by atoms with Crippen molar-refractivity contribution in [3.8, 4) is 5.75 Å². The first-order valence-electron chi connectivity index (χ1n) is 8.37. The van der Waals surface area contributed by atoms with Gasteiger partial charge in [-0.2, -0.15) is 22.0 Å². The lowest BCUT2D eigenvalue weighted by Crippen LogP contribution is -2.37. The third kappa shape index (κ3) is 5.21. The summed E-state index contributed by atoms with van der Waals surface area (Å²) in [5.41, 5.74) is -3.15. The fourth-order valence-electron chi connectivity index (χ4n) is 2.87.